The van der Waals surface area contributed by atoms with Crippen LogP contribution in [0.3, 0.4) is 0 Å². The lowest BCUT2D eigenvalue weighted by Crippen LogP contribution is -2.16. The maximum atomic E-state index is 12.1. The Kier molecular flexibility index (Phi) is 2.55. The van der Waals surface area contributed by atoms with Gasteiger partial charge in [0.1, 0.15) is 0 Å². The minimum Gasteiger partial charge on any atom is -0.289 e. The van der Waals surface area contributed by atoms with Crippen molar-refractivity contribution in [3.05, 3.63) is 58.7 Å². The van der Waals surface area contributed by atoms with Gasteiger partial charge in [-0.1, -0.05) is 36.4 Å². The van der Waals surface area contributed by atoms with Gasteiger partial charge in [-0.15, -0.1) is 0 Å². The Morgan fingerprint density at radius 3 is 2.53 bits per heavy atom. The largest absolute Gasteiger partial charge is 0.289 e. The Morgan fingerprint density at radius 2 is 1.87 bits per heavy atom. The van der Waals surface area contributed by atoms with E-state index in [-0.39, 0.29) is 5.78 Å². The molecule has 0 unspecified atom stereocenters. The Morgan fingerprint density at radius 1 is 1.13 bits per heavy atom. The molecule has 0 radical (unpaired) electrons. The van der Waals surface area contributed by atoms with Crippen molar-refractivity contribution in [1.82, 2.24) is 0 Å². The van der Waals surface area contributed by atoms with Crippen LogP contribution in [-0.4, -0.2) is 5.78 Å². The fourth-order valence-electron chi connectivity index (χ4n) is 2.06. The average molecular weight is 198 g/mol. The molecule has 0 heterocycles. The second-order valence-corrected chi connectivity index (χ2v) is 3.68. The number of rotatable bonds is 0. The summed E-state index contributed by atoms with van der Waals surface area (Å²) in [6.07, 6.45) is 4.81. The first-order chi connectivity index (χ1) is 7.27. The number of allylic oxidation sites excluding steroid dienone is 4. The number of carbonyl (C=O) groups is 1. The van der Waals surface area contributed by atoms with Gasteiger partial charge >= 0.3 is 0 Å². The van der Waals surface area contributed by atoms with Gasteiger partial charge in [0.05, 0.1) is 0 Å². The van der Waals surface area contributed by atoms with Crippen molar-refractivity contribution in [2.45, 2.75) is 20.3 Å². The molecule has 76 valence electrons. The van der Waals surface area contributed by atoms with Crippen molar-refractivity contribution in [1.29, 1.82) is 0 Å². The van der Waals surface area contributed by atoms with E-state index in [0.717, 1.165) is 28.7 Å². The molecule has 0 bridgehead atoms. The van der Waals surface area contributed by atoms with Crippen LogP contribution in [0, 0.1) is 0 Å². The molecule has 0 amide bonds. The first kappa shape index (κ1) is 9.91. The summed E-state index contributed by atoms with van der Waals surface area (Å²) in [5.74, 6) is 0.160. The minimum atomic E-state index is 0.160. The minimum absolute atomic E-state index is 0.160. The summed E-state index contributed by atoms with van der Waals surface area (Å²) in [5, 5.41) is 0. The number of ketones is 1. The Labute approximate surface area is 90.1 Å². The highest BCUT2D eigenvalue weighted by Crippen LogP contribution is 2.28. The SMILES string of the molecule is C/C=C1/Cc2ccccc2C(=O)/C1=C/C. The zero-order chi connectivity index (χ0) is 10.8. The zero-order valence-corrected chi connectivity index (χ0v) is 9.08. The lowest BCUT2D eigenvalue weighted by molar-refractivity contribution is 0.103. The van der Waals surface area contributed by atoms with E-state index in [2.05, 4.69) is 0 Å². The molecular formula is C14H14O. The van der Waals surface area contributed by atoms with E-state index in [9.17, 15) is 4.79 Å². The van der Waals surface area contributed by atoms with Gasteiger partial charge in [-0.2, -0.15) is 0 Å². The smallest absolute Gasteiger partial charge is 0.193 e. The summed E-state index contributed by atoms with van der Waals surface area (Å²) in [6.45, 7) is 3.91. The van der Waals surface area contributed by atoms with Gasteiger partial charge < -0.3 is 0 Å². The molecule has 0 N–H and O–H groups in total. The molecule has 0 aromatic heterocycles. The number of benzene rings is 1. The predicted molar refractivity (Wildman–Crippen MR) is 62.0 cm³/mol. The van der Waals surface area contributed by atoms with Crippen molar-refractivity contribution < 1.29 is 4.79 Å². The first-order valence-electron chi connectivity index (χ1n) is 5.22. The van der Waals surface area contributed by atoms with Crippen LogP contribution in [0.5, 0.6) is 0 Å². The zero-order valence-electron chi connectivity index (χ0n) is 9.08. The maximum absolute atomic E-state index is 12.1. The van der Waals surface area contributed by atoms with Gasteiger partial charge in [0.15, 0.2) is 5.78 Å². The van der Waals surface area contributed by atoms with Gasteiger partial charge in [-0.3, -0.25) is 4.79 Å². The van der Waals surface area contributed by atoms with E-state index in [1.807, 2.05) is 50.3 Å². The molecule has 1 aliphatic rings. The van der Waals surface area contributed by atoms with E-state index in [1.165, 1.54) is 0 Å². The van der Waals surface area contributed by atoms with Crippen LogP contribution < -0.4 is 0 Å². The lowest BCUT2D eigenvalue weighted by Gasteiger charge is -2.20. The summed E-state index contributed by atoms with van der Waals surface area (Å²) >= 11 is 0. The topological polar surface area (TPSA) is 17.1 Å². The third-order valence-corrected chi connectivity index (χ3v) is 2.87. The van der Waals surface area contributed by atoms with Crippen LogP contribution in [0.4, 0.5) is 0 Å². The Balaban J connectivity index is 2.60. The highest BCUT2D eigenvalue weighted by Gasteiger charge is 2.23. The van der Waals surface area contributed by atoms with E-state index in [1.54, 1.807) is 0 Å². The fraction of sp³-hybridized carbons (Fsp3) is 0.214. The van der Waals surface area contributed by atoms with Crippen LogP contribution in [-0.2, 0) is 6.42 Å². The van der Waals surface area contributed by atoms with Gasteiger partial charge in [0.2, 0.25) is 0 Å². The summed E-state index contributed by atoms with van der Waals surface area (Å²) in [6, 6.07) is 7.85. The van der Waals surface area contributed by atoms with Gasteiger partial charge in [0, 0.05) is 11.1 Å². The fourth-order valence-corrected chi connectivity index (χ4v) is 2.06. The van der Waals surface area contributed by atoms with E-state index in [0.29, 0.717) is 0 Å². The normalized spacial score (nSPS) is 20.8. The number of carbonyl (C=O) groups excluding carboxylic acids is 1. The maximum Gasteiger partial charge on any atom is 0.193 e. The molecule has 15 heavy (non-hydrogen) atoms. The molecular weight excluding hydrogens is 184 g/mol. The van der Waals surface area contributed by atoms with E-state index >= 15 is 0 Å². The molecule has 1 nitrogen and oxygen atoms in total. The molecule has 0 spiro atoms. The number of fused-ring (bicyclic) bond motifs is 1. The van der Waals surface area contributed by atoms with Crippen molar-refractivity contribution in [3.63, 3.8) is 0 Å². The molecule has 0 saturated heterocycles. The van der Waals surface area contributed by atoms with Crippen molar-refractivity contribution >= 4 is 5.78 Å². The standard InChI is InChI=1S/C14H14O/c1-3-10-9-11-7-5-6-8-13(11)14(15)12(10)4-2/h3-8H,9H2,1-2H3/b10-3-,12-4+. The number of Topliss-reactive ketones (excluding diaryl/α,β-unsaturated/α-hetero) is 1. The molecule has 0 aliphatic heterocycles. The molecule has 1 aromatic rings. The van der Waals surface area contributed by atoms with Crippen LogP contribution >= 0.6 is 0 Å². The highest BCUT2D eigenvalue weighted by atomic mass is 16.1. The second kappa shape index (κ2) is 3.85. The summed E-state index contributed by atoms with van der Waals surface area (Å²) in [7, 11) is 0. The van der Waals surface area contributed by atoms with Crippen molar-refractivity contribution in [3.8, 4) is 0 Å². The van der Waals surface area contributed by atoms with E-state index < -0.39 is 0 Å². The summed E-state index contributed by atoms with van der Waals surface area (Å²) in [5.41, 5.74) is 4.00. The van der Waals surface area contributed by atoms with Gasteiger partial charge in [-0.05, 0) is 31.4 Å². The van der Waals surface area contributed by atoms with Crippen molar-refractivity contribution in [2.75, 3.05) is 0 Å². The van der Waals surface area contributed by atoms with Gasteiger partial charge in [-0.25, -0.2) is 0 Å². The van der Waals surface area contributed by atoms with Crippen LogP contribution in [0.25, 0.3) is 0 Å². The summed E-state index contributed by atoms with van der Waals surface area (Å²) in [4.78, 5) is 12.1. The molecule has 1 aliphatic carbocycles. The van der Waals surface area contributed by atoms with Crippen molar-refractivity contribution in [2.24, 2.45) is 0 Å². The third-order valence-electron chi connectivity index (χ3n) is 2.87. The number of hydrogen-bond acceptors (Lipinski definition) is 1. The lowest BCUT2D eigenvalue weighted by atomic mass is 9.83. The summed E-state index contributed by atoms with van der Waals surface area (Å²) < 4.78 is 0. The first-order valence-corrected chi connectivity index (χ1v) is 5.22. The van der Waals surface area contributed by atoms with Crippen LogP contribution in [0.1, 0.15) is 29.8 Å². The van der Waals surface area contributed by atoms with E-state index in [4.69, 9.17) is 0 Å². The molecule has 1 heteroatoms. The van der Waals surface area contributed by atoms with Gasteiger partial charge in [0.25, 0.3) is 0 Å². The predicted octanol–water partition coefficient (Wildman–Crippen LogP) is 3.32. The molecule has 0 fully saturated rings. The molecule has 2 rings (SSSR count). The highest BCUT2D eigenvalue weighted by molar-refractivity contribution is 6.14. The molecule has 0 atom stereocenters. The Bertz CT molecular complexity index is 464. The monoisotopic (exact) mass is 198 g/mol. The van der Waals surface area contributed by atoms with Crippen LogP contribution in [0.15, 0.2) is 47.6 Å². The van der Waals surface area contributed by atoms with Crippen LogP contribution in [0.2, 0.25) is 0 Å². The molecule has 1 aromatic carbocycles. The quantitative estimate of drug-likeness (QED) is 0.584. The third kappa shape index (κ3) is 1.54. The average Bonchev–Trinajstić information content (AvgIpc) is 2.29. The Hall–Kier alpha value is -1.63. The second-order valence-electron chi connectivity index (χ2n) is 3.68. The molecule has 0 saturated carbocycles. The number of hydrogen-bond donors (Lipinski definition) is 0.